The SMILES string of the molecule is C[B]c1cc(I)c(Br)cn1. The molecule has 0 aliphatic rings. The van der Waals surface area contributed by atoms with E-state index in [0.717, 1.165) is 10.1 Å². The van der Waals surface area contributed by atoms with E-state index in [-0.39, 0.29) is 0 Å². The van der Waals surface area contributed by atoms with Gasteiger partial charge < -0.3 is 0 Å². The minimum Gasteiger partial charge on any atom is -0.271 e. The number of hydrogen-bond acceptors (Lipinski definition) is 1. The third-order valence-electron chi connectivity index (χ3n) is 1.13. The Labute approximate surface area is 83.1 Å². The molecule has 0 bridgehead atoms. The summed E-state index contributed by atoms with van der Waals surface area (Å²) in [6.07, 6.45) is 1.82. The molecular weight excluding hydrogens is 304 g/mol. The molecular formula is C6H5BBrIN. The zero-order valence-corrected chi connectivity index (χ0v) is 9.18. The number of pyridine rings is 1. The number of nitrogens with zero attached hydrogens (tertiary/aromatic N) is 1. The molecule has 0 atom stereocenters. The highest BCUT2D eigenvalue weighted by Gasteiger charge is 1.97. The number of aromatic nitrogens is 1. The first-order chi connectivity index (χ1) is 4.74. The summed E-state index contributed by atoms with van der Waals surface area (Å²) in [6, 6.07) is 2.03. The fourth-order valence-corrected chi connectivity index (χ4v) is 1.26. The van der Waals surface area contributed by atoms with Gasteiger partial charge in [-0.25, -0.2) is 0 Å². The van der Waals surface area contributed by atoms with E-state index in [1.54, 1.807) is 0 Å². The predicted molar refractivity (Wildman–Crippen MR) is 55.9 cm³/mol. The molecule has 0 aliphatic heterocycles. The highest BCUT2D eigenvalue weighted by atomic mass is 127. The van der Waals surface area contributed by atoms with E-state index in [1.807, 2.05) is 26.4 Å². The monoisotopic (exact) mass is 308 g/mol. The van der Waals surface area contributed by atoms with Crippen LogP contribution in [-0.4, -0.2) is 12.3 Å². The normalized spacial score (nSPS) is 9.50. The van der Waals surface area contributed by atoms with Gasteiger partial charge in [-0.3, -0.25) is 4.98 Å². The first-order valence-corrected chi connectivity index (χ1v) is 4.71. The molecule has 4 heteroatoms. The number of halogens is 2. The van der Waals surface area contributed by atoms with Gasteiger partial charge in [0.1, 0.15) is 0 Å². The molecule has 0 saturated heterocycles. The number of hydrogen-bond donors (Lipinski definition) is 0. The van der Waals surface area contributed by atoms with Gasteiger partial charge in [0.05, 0.1) is 0 Å². The molecule has 0 aromatic carbocycles. The Bertz CT molecular complexity index is 241. The van der Waals surface area contributed by atoms with Crippen molar-refractivity contribution >= 4 is 51.4 Å². The van der Waals surface area contributed by atoms with Gasteiger partial charge in [-0.2, -0.15) is 0 Å². The molecule has 1 heterocycles. The van der Waals surface area contributed by atoms with Gasteiger partial charge in [0, 0.05) is 14.2 Å². The summed E-state index contributed by atoms with van der Waals surface area (Å²) in [5, 5.41) is 0. The van der Waals surface area contributed by atoms with Crippen LogP contribution < -0.4 is 5.59 Å². The van der Waals surface area contributed by atoms with Crippen molar-refractivity contribution in [1.82, 2.24) is 4.98 Å². The second-order valence-corrected chi connectivity index (χ2v) is 3.83. The molecule has 0 spiro atoms. The fourth-order valence-electron chi connectivity index (χ4n) is 0.587. The number of rotatable bonds is 1. The lowest BCUT2D eigenvalue weighted by Gasteiger charge is -1.97. The van der Waals surface area contributed by atoms with Gasteiger partial charge in [-0.1, -0.05) is 6.82 Å². The van der Waals surface area contributed by atoms with Crippen molar-refractivity contribution in [2.75, 3.05) is 0 Å². The third-order valence-corrected chi connectivity index (χ3v) is 3.39. The second kappa shape index (κ2) is 3.71. The minimum atomic E-state index is 1.02. The molecule has 1 rings (SSSR count). The molecule has 1 nitrogen and oxygen atoms in total. The van der Waals surface area contributed by atoms with Gasteiger partial charge >= 0.3 is 0 Å². The highest BCUT2D eigenvalue weighted by Crippen LogP contribution is 2.14. The van der Waals surface area contributed by atoms with Crippen molar-refractivity contribution in [2.24, 2.45) is 0 Å². The Hall–Kier alpha value is 0.425. The maximum absolute atomic E-state index is 4.15. The Morgan fingerprint density at radius 1 is 1.70 bits per heavy atom. The minimum absolute atomic E-state index is 1.02. The van der Waals surface area contributed by atoms with E-state index in [9.17, 15) is 0 Å². The molecule has 0 aliphatic carbocycles. The van der Waals surface area contributed by atoms with Crippen LogP contribution in [0.5, 0.6) is 0 Å². The molecule has 10 heavy (non-hydrogen) atoms. The first kappa shape index (κ1) is 8.52. The van der Waals surface area contributed by atoms with Crippen molar-refractivity contribution in [3.8, 4) is 0 Å². The van der Waals surface area contributed by atoms with Crippen molar-refractivity contribution < 1.29 is 0 Å². The molecule has 1 radical (unpaired) electrons. The van der Waals surface area contributed by atoms with Crippen LogP contribution in [-0.2, 0) is 0 Å². The van der Waals surface area contributed by atoms with E-state index >= 15 is 0 Å². The van der Waals surface area contributed by atoms with E-state index in [0.29, 0.717) is 0 Å². The van der Waals surface area contributed by atoms with Crippen molar-refractivity contribution in [3.63, 3.8) is 0 Å². The molecule has 1 aromatic rings. The van der Waals surface area contributed by atoms with Crippen LogP contribution in [0, 0.1) is 3.57 Å². The van der Waals surface area contributed by atoms with Gasteiger partial charge in [0.2, 0.25) is 0 Å². The topological polar surface area (TPSA) is 12.9 Å². The summed E-state index contributed by atoms with van der Waals surface area (Å²) >= 11 is 5.64. The Balaban J connectivity index is 3.04. The molecule has 0 unspecified atom stereocenters. The summed E-state index contributed by atoms with van der Waals surface area (Å²) in [4.78, 5) is 4.15. The molecule has 1 aromatic heterocycles. The molecule has 0 amide bonds. The van der Waals surface area contributed by atoms with Crippen LogP contribution in [0.4, 0.5) is 0 Å². The highest BCUT2D eigenvalue weighted by molar-refractivity contribution is 14.1. The largest absolute Gasteiger partial charge is 0.271 e. The summed E-state index contributed by atoms with van der Waals surface area (Å²) in [5.74, 6) is 0. The second-order valence-electron chi connectivity index (χ2n) is 1.81. The van der Waals surface area contributed by atoms with Gasteiger partial charge in [0.25, 0.3) is 0 Å². The quantitative estimate of drug-likeness (QED) is 0.570. The molecule has 0 N–H and O–H groups in total. The van der Waals surface area contributed by atoms with Crippen LogP contribution in [0.1, 0.15) is 0 Å². The van der Waals surface area contributed by atoms with Crippen molar-refractivity contribution in [1.29, 1.82) is 0 Å². The van der Waals surface area contributed by atoms with Gasteiger partial charge in [0.15, 0.2) is 7.28 Å². The predicted octanol–water partition coefficient (Wildman–Crippen LogP) is 1.83. The van der Waals surface area contributed by atoms with Crippen molar-refractivity contribution in [3.05, 3.63) is 20.3 Å². The zero-order valence-electron chi connectivity index (χ0n) is 5.44. The average molecular weight is 309 g/mol. The smallest absolute Gasteiger partial charge is 0.174 e. The lowest BCUT2D eigenvalue weighted by atomic mass is 9.78. The van der Waals surface area contributed by atoms with E-state index in [4.69, 9.17) is 0 Å². The summed E-state index contributed by atoms with van der Waals surface area (Å²) < 4.78 is 2.25. The van der Waals surface area contributed by atoms with Gasteiger partial charge in [-0.05, 0) is 50.2 Å². The Morgan fingerprint density at radius 3 is 2.90 bits per heavy atom. The first-order valence-electron chi connectivity index (χ1n) is 2.84. The van der Waals surface area contributed by atoms with E-state index < -0.39 is 0 Å². The lowest BCUT2D eigenvalue weighted by molar-refractivity contribution is 1.34. The van der Waals surface area contributed by atoms with Crippen LogP contribution in [0.25, 0.3) is 0 Å². The average Bonchev–Trinajstić information content (AvgIpc) is 1.95. The lowest BCUT2D eigenvalue weighted by Crippen LogP contribution is -2.15. The van der Waals surface area contributed by atoms with Crippen LogP contribution in [0.2, 0.25) is 6.82 Å². The van der Waals surface area contributed by atoms with E-state index in [1.165, 1.54) is 3.57 Å². The van der Waals surface area contributed by atoms with Crippen LogP contribution in [0.15, 0.2) is 16.7 Å². The molecule has 0 fully saturated rings. The maximum atomic E-state index is 4.15. The molecule has 51 valence electrons. The zero-order chi connectivity index (χ0) is 7.56. The van der Waals surface area contributed by atoms with Crippen LogP contribution in [0.3, 0.4) is 0 Å². The fraction of sp³-hybridized carbons (Fsp3) is 0.167. The Morgan fingerprint density at radius 2 is 2.40 bits per heavy atom. The third kappa shape index (κ3) is 1.95. The van der Waals surface area contributed by atoms with Crippen molar-refractivity contribution in [2.45, 2.75) is 6.82 Å². The molecule has 0 saturated carbocycles. The van der Waals surface area contributed by atoms with E-state index in [2.05, 4.69) is 43.5 Å². The summed E-state index contributed by atoms with van der Waals surface area (Å²) in [6.45, 7) is 1.98. The maximum Gasteiger partial charge on any atom is 0.174 e. The Kier molecular flexibility index (Phi) is 3.16. The standard InChI is InChI=1S/C6H5BBrIN/c1-7-6-2-5(9)4(8)3-10-6/h2-3H,1H3. The van der Waals surface area contributed by atoms with Gasteiger partial charge in [-0.15, -0.1) is 0 Å². The summed E-state index contributed by atoms with van der Waals surface area (Å²) in [5.41, 5.74) is 1.02. The summed E-state index contributed by atoms with van der Waals surface area (Å²) in [7, 11) is 1.98. The van der Waals surface area contributed by atoms with Crippen LogP contribution >= 0.6 is 38.5 Å².